The summed E-state index contributed by atoms with van der Waals surface area (Å²) in [6.07, 6.45) is 4.22. The molecule has 132 valence electrons. The van der Waals surface area contributed by atoms with E-state index in [1.54, 1.807) is 24.3 Å². The van der Waals surface area contributed by atoms with Crippen LogP contribution >= 0.6 is 0 Å². The molecule has 0 atom stereocenters. The van der Waals surface area contributed by atoms with Gasteiger partial charge in [0.05, 0.1) is 16.9 Å². The molecule has 0 radical (unpaired) electrons. The predicted octanol–water partition coefficient (Wildman–Crippen LogP) is 3.47. The molecule has 3 aromatic rings. The lowest BCUT2D eigenvalue weighted by Gasteiger charge is -2.10. The zero-order valence-electron chi connectivity index (χ0n) is 13.6. The summed E-state index contributed by atoms with van der Waals surface area (Å²) in [4.78, 5) is 12.0. The summed E-state index contributed by atoms with van der Waals surface area (Å²) in [5, 5.41) is 19.7. The minimum atomic E-state index is -1.39. The van der Waals surface area contributed by atoms with E-state index in [-0.39, 0.29) is 11.5 Å². The van der Waals surface area contributed by atoms with Gasteiger partial charge in [-0.25, -0.2) is 8.78 Å². The van der Waals surface area contributed by atoms with Gasteiger partial charge in [0.25, 0.3) is 5.91 Å². The number of nitrogens with zero attached hydrogens (tertiary/aromatic N) is 1. The average molecular weight is 355 g/mol. The SMILES string of the molecule is O=C(Nc1cc2c(/C=C/c3ccc(F)cc3)n[nH]c2cc1F)C1(O)CC1. The number of amides is 1. The number of nitrogens with one attached hydrogen (secondary N) is 2. The molecule has 1 aliphatic carbocycles. The highest BCUT2D eigenvalue weighted by molar-refractivity contribution is 6.01. The molecule has 2 aromatic carbocycles. The molecule has 0 saturated heterocycles. The van der Waals surface area contributed by atoms with Crippen molar-refractivity contribution in [3.05, 3.63) is 59.3 Å². The first-order valence-corrected chi connectivity index (χ1v) is 8.10. The van der Waals surface area contributed by atoms with Gasteiger partial charge in [-0.15, -0.1) is 0 Å². The number of aromatic amines is 1. The van der Waals surface area contributed by atoms with Gasteiger partial charge in [0, 0.05) is 11.5 Å². The number of rotatable bonds is 4. The van der Waals surface area contributed by atoms with Gasteiger partial charge in [-0.1, -0.05) is 18.2 Å². The van der Waals surface area contributed by atoms with Crippen LogP contribution in [0.5, 0.6) is 0 Å². The number of carbonyl (C=O) groups is 1. The lowest BCUT2D eigenvalue weighted by Crippen LogP contribution is -2.29. The van der Waals surface area contributed by atoms with E-state index in [9.17, 15) is 18.7 Å². The first kappa shape index (κ1) is 16.4. The molecule has 1 aliphatic rings. The standard InChI is InChI=1S/C19H15F2N3O2/c20-12-4-1-11(2-5-12)3-6-15-13-9-17(14(21)10-16(13)24-23-15)22-18(25)19(26)7-8-19/h1-6,9-10,26H,7-8H2,(H,22,25)(H,23,24)/b6-3+. The summed E-state index contributed by atoms with van der Waals surface area (Å²) in [7, 11) is 0. The highest BCUT2D eigenvalue weighted by Gasteiger charge is 2.48. The minimum Gasteiger partial charge on any atom is -0.380 e. The number of hydrogen-bond acceptors (Lipinski definition) is 3. The number of carbonyl (C=O) groups excluding carboxylic acids is 1. The van der Waals surface area contributed by atoms with E-state index in [4.69, 9.17) is 0 Å². The molecule has 3 N–H and O–H groups in total. The monoisotopic (exact) mass is 355 g/mol. The van der Waals surface area contributed by atoms with Crippen LogP contribution in [0.4, 0.5) is 14.5 Å². The summed E-state index contributed by atoms with van der Waals surface area (Å²) in [5.74, 6) is -1.55. The van der Waals surface area contributed by atoms with Crippen molar-refractivity contribution in [3.63, 3.8) is 0 Å². The van der Waals surface area contributed by atoms with Gasteiger partial charge < -0.3 is 10.4 Å². The zero-order chi connectivity index (χ0) is 18.3. The number of benzene rings is 2. The second-order valence-corrected chi connectivity index (χ2v) is 6.36. The first-order chi connectivity index (χ1) is 12.4. The molecule has 1 amide bonds. The number of fused-ring (bicyclic) bond motifs is 1. The molecule has 1 fully saturated rings. The highest BCUT2D eigenvalue weighted by Crippen LogP contribution is 2.36. The summed E-state index contributed by atoms with van der Waals surface area (Å²) >= 11 is 0. The van der Waals surface area contributed by atoms with Crippen LogP contribution in [0.25, 0.3) is 23.1 Å². The Kier molecular flexibility index (Phi) is 3.81. The molecule has 1 heterocycles. The third kappa shape index (κ3) is 3.09. The molecule has 7 heteroatoms. The summed E-state index contributed by atoms with van der Waals surface area (Å²) in [6, 6.07) is 8.68. The van der Waals surface area contributed by atoms with Crippen LogP contribution in [-0.4, -0.2) is 26.8 Å². The van der Waals surface area contributed by atoms with Crippen molar-refractivity contribution in [2.45, 2.75) is 18.4 Å². The van der Waals surface area contributed by atoms with Crippen molar-refractivity contribution in [2.24, 2.45) is 0 Å². The van der Waals surface area contributed by atoms with Crippen molar-refractivity contribution in [3.8, 4) is 0 Å². The van der Waals surface area contributed by atoms with Crippen LogP contribution in [0.1, 0.15) is 24.1 Å². The van der Waals surface area contributed by atoms with Crippen LogP contribution in [0.3, 0.4) is 0 Å². The van der Waals surface area contributed by atoms with E-state index >= 15 is 0 Å². The van der Waals surface area contributed by atoms with Gasteiger partial charge >= 0.3 is 0 Å². The summed E-state index contributed by atoms with van der Waals surface area (Å²) in [5.41, 5.74) is 0.410. The lowest BCUT2D eigenvalue weighted by atomic mass is 10.1. The lowest BCUT2D eigenvalue weighted by molar-refractivity contribution is -0.125. The molecular formula is C19H15F2N3O2. The topological polar surface area (TPSA) is 78.0 Å². The van der Waals surface area contributed by atoms with Crippen LogP contribution in [0, 0.1) is 11.6 Å². The first-order valence-electron chi connectivity index (χ1n) is 8.10. The Balaban J connectivity index is 1.64. The zero-order valence-corrected chi connectivity index (χ0v) is 13.6. The fourth-order valence-electron chi connectivity index (χ4n) is 2.61. The Morgan fingerprint density at radius 1 is 1.19 bits per heavy atom. The fourth-order valence-corrected chi connectivity index (χ4v) is 2.61. The van der Waals surface area contributed by atoms with Crippen LogP contribution < -0.4 is 5.32 Å². The van der Waals surface area contributed by atoms with E-state index < -0.39 is 17.3 Å². The Hall–Kier alpha value is -3.06. The molecule has 4 rings (SSSR count). The maximum atomic E-state index is 14.2. The third-order valence-electron chi connectivity index (χ3n) is 4.38. The van der Waals surface area contributed by atoms with Crippen molar-refractivity contribution in [1.82, 2.24) is 10.2 Å². The van der Waals surface area contributed by atoms with Crippen molar-refractivity contribution in [2.75, 3.05) is 5.32 Å². The minimum absolute atomic E-state index is 0.0133. The summed E-state index contributed by atoms with van der Waals surface area (Å²) in [6.45, 7) is 0. The Morgan fingerprint density at radius 3 is 2.62 bits per heavy atom. The average Bonchev–Trinajstić information content (AvgIpc) is 3.26. The van der Waals surface area contributed by atoms with Gasteiger partial charge in [-0.3, -0.25) is 9.89 Å². The molecule has 0 aliphatic heterocycles. The summed E-state index contributed by atoms with van der Waals surface area (Å²) < 4.78 is 27.1. The largest absolute Gasteiger partial charge is 0.380 e. The predicted molar refractivity (Wildman–Crippen MR) is 94.2 cm³/mol. The van der Waals surface area contributed by atoms with E-state index in [1.165, 1.54) is 24.3 Å². The number of H-pyrrole nitrogens is 1. The molecule has 0 bridgehead atoms. The van der Waals surface area contributed by atoms with Gasteiger partial charge in [0.2, 0.25) is 0 Å². The second-order valence-electron chi connectivity index (χ2n) is 6.36. The number of anilines is 1. The molecule has 1 aromatic heterocycles. The Labute approximate surface area is 147 Å². The van der Waals surface area contributed by atoms with Crippen LogP contribution in [-0.2, 0) is 4.79 Å². The molecule has 5 nitrogen and oxygen atoms in total. The van der Waals surface area contributed by atoms with E-state index in [0.29, 0.717) is 29.4 Å². The molecule has 0 unspecified atom stereocenters. The number of halogens is 2. The van der Waals surface area contributed by atoms with Gasteiger partial charge in [-0.05, 0) is 42.7 Å². The molecular weight excluding hydrogens is 340 g/mol. The molecule has 1 saturated carbocycles. The van der Waals surface area contributed by atoms with E-state index in [1.807, 2.05) is 0 Å². The molecule has 26 heavy (non-hydrogen) atoms. The number of aliphatic hydroxyl groups is 1. The van der Waals surface area contributed by atoms with E-state index in [0.717, 1.165) is 5.56 Å². The van der Waals surface area contributed by atoms with Crippen molar-refractivity contribution >= 4 is 34.6 Å². The maximum absolute atomic E-state index is 14.2. The molecule has 0 spiro atoms. The number of aromatic nitrogens is 2. The van der Waals surface area contributed by atoms with Crippen LogP contribution in [0.2, 0.25) is 0 Å². The maximum Gasteiger partial charge on any atom is 0.256 e. The smallest absolute Gasteiger partial charge is 0.256 e. The van der Waals surface area contributed by atoms with Gasteiger partial charge in [0.1, 0.15) is 17.2 Å². The third-order valence-corrected chi connectivity index (χ3v) is 4.38. The number of hydrogen-bond donors (Lipinski definition) is 3. The highest BCUT2D eigenvalue weighted by atomic mass is 19.1. The van der Waals surface area contributed by atoms with Gasteiger partial charge in [-0.2, -0.15) is 5.10 Å². The fraction of sp³-hybridized carbons (Fsp3) is 0.158. The van der Waals surface area contributed by atoms with Crippen molar-refractivity contribution in [1.29, 1.82) is 0 Å². The Bertz CT molecular complexity index is 1020. The second kappa shape index (κ2) is 6.03. The Morgan fingerprint density at radius 2 is 1.92 bits per heavy atom. The van der Waals surface area contributed by atoms with E-state index in [2.05, 4.69) is 15.5 Å². The normalized spacial score (nSPS) is 15.5. The quantitative estimate of drug-likeness (QED) is 0.670. The van der Waals surface area contributed by atoms with Crippen LogP contribution in [0.15, 0.2) is 36.4 Å². The van der Waals surface area contributed by atoms with Crippen molar-refractivity contribution < 1.29 is 18.7 Å². The van der Waals surface area contributed by atoms with Gasteiger partial charge in [0.15, 0.2) is 0 Å².